The monoisotopic (exact) mass is 256 g/mol. The quantitative estimate of drug-likeness (QED) is 0.785. The van der Waals surface area contributed by atoms with Crippen molar-refractivity contribution in [1.29, 1.82) is 0 Å². The number of rotatable bonds is 3. The molecule has 2 aromatic rings. The van der Waals surface area contributed by atoms with Crippen molar-refractivity contribution in [1.82, 2.24) is 0 Å². The van der Waals surface area contributed by atoms with Gasteiger partial charge in [0.25, 0.3) is 0 Å². The van der Waals surface area contributed by atoms with Gasteiger partial charge in [0.1, 0.15) is 12.4 Å². The third-order valence-corrected chi connectivity index (χ3v) is 2.46. The first-order valence-corrected chi connectivity index (χ1v) is 5.80. The van der Waals surface area contributed by atoms with Crippen LogP contribution in [0.25, 0.3) is 0 Å². The molecule has 0 saturated carbocycles. The molecule has 0 radical (unpaired) electrons. The molecule has 0 N–H and O–H groups in total. The summed E-state index contributed by atoms with van der Waals surface area (Å²) in [4.78, 5) is 0. The minimum absolute atomic E-state index is 0.146. The minimum Gasteiger partial charge on any atom is -0.497 e. The number of para-hydroxylation sites is 1. The Bertz CT molecular complexity index is 594. The topological polar surface area (TPSA) is 18.5 Å². The van der Waals surface area contributed by atoms with E-state index in [4.69, 9.17) is 9.47 Å². The molecule has 19 heavy (non-hydrogen) atoms. The van der Waals surface area contributed by atoms with Crippen molar-refractivity contribution in [3.05, 3.63) is 59.9 Å². The summed E-state index contributed by atoms with van der Waals surface area (Å²) in [7, 11) is 1.61. The molecule has 0 saturated heterocycles. The summed E-state index contributed by atoms with van der Waals surface area (Å²) in [6.07, 6.45) is 0. The molecule has 0 aliphatic carbocycles. The van der Waals surface area contributed by atoms with Crippen LogP contribution in [-0.2, 0) is 0 Å². The first-order chi connectivity index (χ1) is 9.29. The lowest BCUT2D eigenvalue weighted by molar-refractivity contribution is 0.348. The van der Waals surface area contributed by atoms with Crippen molar-refractivity contribution in [2.75, 3.05) is 13.7 Å². The van der Waals surface area contributed by atoms with Crippen LogP contribution in [0.3, 0.4) is 0 Å². The summed E-state index contributed by atoms with van der Waals surface area (Å²) in [6.45, 7) is 0.146. The van der Waals surface area contributed by atoms with Crippen molar-refractivity contribution in [3.8, 4) is 23.3 Å². The van der Waals surface area contributed by atoms with Gasteiger partial charge in [0.05, 0.1) is 7.11 Å². The Kier molecular flexibility index (Phi) is 4.41. The predicted molar refractivity (Wildman–Crippen MR) is 71.8 cm³/mol. The van der Waals surface area contributed by atoms with Crippen molar-refractivity contribution in [2.24, 2.45) is 0 Å². The van der Waals surface area contributed by atoms with Gasteiger partial charge in [-0.15, -0.1) is 0 Å². The number of hydrogen-bond acceptors (Lipinski definition) is 2. The lowest BCUT2D eigenvalue weighted by Crippen LogP contribution is -1.96. The van der Waals surface area contributed by atoms with Gasteiger partial charge in [-0.3, -0.25) is 0 Å². The molecule has 2 rings (SSSR count). The lowest BCUT2D eigenvalue weighted by atomic mass is 10.2. The molecule has 0 spiro atoms. The van der Waals surface area contributed by atoms with Crippen molar-refractivity contribution in [3.63, 3.8) is 0 Å². The molecule has 2 aromatic carbocycles. The Morgan fingerprint density at radius 1 is 1.05 bits per heavy atom. The summed E-state index contributed by atoms with van der Waals surface area (Å²) < 4.78 is 23.5. The van der Waals surface area contributed by atoms with Crippen LogP contribution in [0.1, 0.15) is 5.56 Å². The molecule has 0 aliphatic rings. The molecule has 0 atom stereocenters. The molecular weight excluding hydrogens is 243 g/mol. The Morgan fingerprint density at radius 3 is 2.47 bits per heavy atom. The van der Waals surface area contributed by atoms with E-state index in [1.165, 1.54) is 6.07 Å². The second kappa shape index (κ2) is 6.46. The molecule has 0 unspecified atom stereocenters. The van der Waals surface area contributed by atoms with Crippen LogP contribution >= 0.6 is 0 Å². The molecule has 0 heterocycles. The fourth-order valence-corrected chi connectivity index (χ4v) is 1.49. The number of ether oxygens (including phenoxy) is 2. The van der Waals surface area contributed by atoms with E-state index >= 15 is 0 Å². The number of benzene rings is 2. The molecule has 96 valence electrons. The molecule has 0 aromatic heterocycles. The average molecular weight is 256 g/mol. The van der Waals surface area contributed by atoms with Gasteiger partial charge in [-0.1, -0.05) is 24.0 Å². The van der Waals surface area contributed by atoms with Crippen molar-refractivity contribution < 1.29 is 13.9 Å². The van der Waals surface area contributed by atoms with Crippen LogP contribution < -0.4 is 9.47 Å². The van der Waals surface area contributed by atoms with Gasteiger partial charge in [0, 0.05) is 5.56 Å². The Labute approximate surface area is 111 Å². The molecular formula is C16H13FO2. The van der Waals surface area contributed by atoms with Gasteiger partial charge >= 0.3 is 0 Å². The highest BCUT2D eigenvalue weighted by Gasteiger charge is 1.98. The van der Waals surface area contributed by atoms with E-state index in [1.807, 2.05) is 24.3 Å². The van der Waals surface area contributed by atoms with Gasteiger partial charge in [-0.05, 0) is 36.4 Å². The molecule has 0 amide bonds. The third-order valence-electron chi connectivity index (χ3n) is 2.46. The molecule has 0 aliphatic heterocycles. The summed E-state index contributed by atoms with van der Waals surface area (Å²) >= 11 is 0. The van der Waals surface area contributed by atoms with Crippen LogP contribution in [0.2, 0.25) is 0 Å². The first-order valence-electron chi connectivity index (χ1n) is 5.80. The van der Waals surface area contributed by atoms with Crippen LogP contribution in [0.4, 0.5) is 4.39 Å². The number of halogens is 1. The molecule has 0 fully saturated rings. The predicted octanol–water partition coefficient (Wildman–Crippen LogP) is 3.26. The Balaban J connectivity index is 1.92. The first kappa shape index (κ1) is 13.0. The van der Waals surface area contributed by atoms with E-state index < -0.39 is 0 Å². The highest BCUT2D eigenvalue weighted by molar-refractivity contribution is 5.38. The van der Waals surface area contributed by atoms with E-state index in [9.17, 15) is 4.39 Å². The van der Waals surface area contributed by atoms with Gasteiger partial charge in [-0.25, -0.2) is 4.39 Å². The minimum atomic E-state index is -0.381. The van der Waals surface area contributed by atoms with E-state index in [1.54, 1.807) is 25.3 Å². The van der Waals surface area contributed by atoms with E-state index in [0.717, 1.165) is 11.3 Å². The highest BCUT2D eigenvalue weighted by atomic mass is 19.1. The van der Waals surface area contributed by atoms with Crippen molar-refractivity contribution in [2.45, 2.75) is 0 Å². The van der Waals surface area contributed by atoms with E-state index in [2.05, 4.69) is 11.8 Å². The van der Waals surface area contributed by atoms with E-state index in [-0.39, 0.29) is 18.2 Å². The molecule has 0 bridgehead atoms. The van der Waals surface area contributed by atoms with Crippen LogP contribution in [0.5, 0.6) is 11.5 Å². The Hall–Kier alpha value is -2.47. The summed E-state index contributed by atoms with van der Waals surface area (Å²) in [6, 6.07) is 13.6. The van der Waals surface area contributed by atoms with Gasteiger partial charge in [0.2, 0.25) is 0 Å². The van der Waals surface area contributed by atoms with Gasteiger partial charge in [-0.2, -0.15) is 0 Å². The van der Waals surface area contributed by atoms with Crippen LogP contribution in [0, 0.1) is 17.7 Å². The SMILES string of the molecule is COc1ccc(C#CCOc2ccccc2F)cc1. The second-order valence-corrected chi connectivity index (χ2v) is 3.75. The average Bonchev–Trinajstić information content (AvgIpc) is 2.46. The normalized spacial score (nSPS) is 9.37. The maximum Gasteiger partial charge on any atom is 0.165 e. The second-order valence-electron chi connectivity index (χ2n) is 3.75. The smallest absolute Gasteiger partial charge is 0.165 e. The standard InChI is InChI=1S/C16H13FO2/c1-18-14-10-8-13(9-11-14)5-4-12-19-16-7-3-2-6-15(16)17/h2-3,6-11H,12H2,1H3. The fraction of sp³-hybridized carbons (Fsp3) is 0.125. The number of hydrogen-bond donors (Lipinski definition) is 0. The van der Waals surface area contributed by atoms with Crippen LogP contribution in [-0.4, -0.2) is 13.7 Å². The summed E-state index contributed by atoms with van der Waals surface area (Å²) in [5, 5.41) is 0. The Morgan fingerprint density at radius 2 is 1.79 bits per heavy atom. The maximum absolute atomic E-state index is 13.2. The summed E-state index contributed by atoms with van der Waals surface area (Å²) in [5.41, 5.74) is 0.859. The van der Waals surface area contributed by atoms with Gasteiger partial charge < -0.3 is 9.47 Å². The molecule has 2 nitrogen and oxygen atoms in total. The lowest BCUT2D eigenvalue weighted by Gasteiger charge is -2.02. The van der Waals surface area contributed by atoms with Gasteiger partial charge in [0.15, 0.2) is 11.6 Å². The summed E-state index contributed by atoms with van der Waals surface area (Å²) in [5.74, 6) is 6.39. The zero-order chi connectivity index (χ0) is 13.5. The maximum atomic E-state index is 13.2. The fourth-order valence-electron chi connectivity index (χ4n) is 1.49. The molecule has 3 heteroatoms. The van der Waals surface area contributed by atoms with Crippen molar-refractivity contribution >= 4 is 0 Å². The largest absolute Gasteiger partial charge is 0.497 e. The zero-order valence-electron chi connectivity index (χ0n) is 10.5. The van der Waals surface area contributed by atoms with E-state index in [0.29, 0.717) is 0 Å². The number of methoxy groups -OCH3 is 1. The third kappa shape index (κ3) is 3.75. The highest BCUT2D eigenvalue weighted by Crippen LogP contribution is 2.14. The van der Waals surface area contributed by atoms with Crippen LogP contribution in [0.15, 0.2) is 48.5 Å². The zero-order valence-corrected chi connectivity index (χ0v) is 10.5.